The Balaban J connectivity index is 1.37. The minimum absolute atomic E-state index is 0.0443. The van der Waals surface area contributed by atoms with Gasteiger partial charge in [0.15, 0.2) is 5.13 Å². The number of likely N-dealkylation sites (tertiary alicyclic amines) is 1. The van der Waals surface area contributed by atoms with E-state index in [2.05, 4.69) is 16.0 Å². The summed E-state index contributed by atoms with van der Waals surface area (Å²) in [5.74, 6) is 0.148. The van der Waals surface area contributed by atoms with Crippen LogP contribution in [0.3, 0.4) is 0 Å². The molecule has 1 atom stereocenters. The Morgan fingerprint density at radius 3 is 2.38 bits per heavy atom. The molecule has 2 fully saturated rings. The van der Waals surface area contributed by atoms with Crippen LogP contribution in [0.1, 0.15) is 34.3 Å². The number of piperidine rings is 1. The van der Waals surface area contributed by atoms with Crippen LogP contribution in [0.4, 0.5) is 5.13 Å². The van der Waals surface area contributed by atoms with Gasteiger partial charge in [-0.15, -0.1) is 11.3 Å². The molecule has 2 saturated heterocycles. The van der Waals surface area contributed by atoms with E-state index in [1.807, 2.05) is 47.4 Å². The molecule has 154 valence electrons. The molecule has 0 bridgehead atoms. The molecule has 2 amide bonds. The molecule has 0 spiro atoms. The van der Waals surface area contributed by atoms with Crippen LogP contribution >= 0.6 is 11.3 Å². The molecule has 1 aromatic heterocycles. The van der Waals surface area contributed by atoms with Crippen LogP contribution in [0.2, 0.25) is 0 Å². The van der Waals surface area contributed by atoms with Gasteiger partial charge in [0.1, 0.15) is 0 Å². The van der Waals surface area contributed by atoms with E-state index in [4.69, 9.17) is 0 Å². The molecular formula is C22H28N4O2S. The van der Waals surface area contributed by atoms with E-state index < -0.39 is 0 Å². The summed E-state index contributed by atoms with van der Waals surface area (Å²) >= 11 is 1.64. The Morgan fingerprint density at radius 1 is 1.00 bits per heavy atom. The van der Waals surface area contributed by atoms with Crippen molar-refractivity contribution in [2.45, 2.75) is 26.7 Å². The van der Waals surface area contributed by atoms with Crippen LogP contribution in [0, 0.1) is 19.8 Å². The number of carbonyl (C=O) groups is 2. The SMILES string of the molecule is Cc1cc(C)cc(C(=O)N2CCC[C@H](C(=O)N3CCN(c4nccs4)CC3)C2)c1. The predicted octanol–water partition coefficient (Wildman–Crippen LogP) is 2.96. The number of nitrogens with zero attached hydrogens (tertiary/aromatic N) is 4. The average molecular weight is 413 g/mol. The van der Waals surface area contributed by atoms with E-state index in [1.54, 1.807) is 11.3 Å². The Bertz CT molecular complexity index is 855. The van der Waals surface area contributed by atoms with Crippen molar-refractivity contribution in [1.82, 2.24) is 14.8 Å². The summed E-state index contributed by atoms with van der Waals surface area (Å²) < 4.78 is 0. The largest absolute Gasteiger partial charge is 0.345 e. The summed E-state index contributed by atoms with van der Waals surface area (Å²) in [5, 5.41) is 3.01. The van der Waals surface area contributed by atoms with Crippen molar-refractivity contribution in [1.29, 1.82) is 0 Å². The zero-order chi connectivity index (χ0) is 20.4. The first-order valence-electron chi connectivity index (χ1n) is 10.3. The van der Waals surface area contributed by atoms with Crippen LogP contribution in [-0.2, 0) is 4.79 Å². The number of piperazine rings is 1. The summed E-state index contributed by atoms with van der Waals surface area (Å²) in [6, 6.07) is 5.96. The van der Waals surface area contributed by atoms with Crippen LogP contribution < -0.4 is 4.90 Å². The van der Waals surface area contributed by atoms with Gasteiger partial charge in [0.05, 0.1) is 5.92 Å². The second kappa shape index (κ2) is 8.53. The number of amides is 2. The van der Waals surface area contributed by atoms with Crippen molar-refractivity contribution in [2.24, 2.45) is 5.92 Å². The first kappa shape index (κ1) is 19.9. The van der Waals surface area contributed by atoms with Gasteiger partial charge in [-0.2, -0.15) is 0 Å². The fourth-order valence-corrected chi connectivity index (χ4v) is 5.09. The number of aryl methyl sites for hydroxylation is 2. The number of thiazole rings is 1. The van der Waals surface area contributed by atoms with Crippen molar-refractivity contribution in [3.8, 4) is 0 Å². The van der Waals surface area contributed by atoms with Gasteiger partial charge < -0.3 is 14.7 Å². The van der Waals surface area contributed by atoms with Gasteiger partial charge in [-0.25, -0.2) is 4.98 Å². The minimum Gasteiger partial charge on any atom is -0.345 e. The predicted molar refractivity (Wildman–Crippen MR) is 115 cm³/mol. The van der Waals surface area contributed by atoms with E-state index in [0.29, 0.717) is 6.54 Å². The lowest BCUT2D eigenvalue weighted by molar-refractivity contribution is -0.137. The number of benzene rings is 1. The number of carbonyl (C=O) groups excluding carboxylic acids is 2. The van der Waals surface area contributed by atoms with Crippen molar-refractivity contribution < 1.29 is 9.59 Å². The number of hydrogen-bond donors (Lipinski definition) is 0. The molecule has 2 aromatic rings. The molecule has 0 N–H and O–H groups in total. The highest BCUT2D eigenvalue weighted by Crippen LogP contribution is 2.24. The van der Waals surface area contributed by atoms with Crippen LogP contribution in [-0.4, -0.2) is 65.9 Å². The molecule has 3 heterocycles. The Kier molecular flexibility index (Phi) is 5.85. The quantitative estimate of drug-likeness (QED) is 0.778. The molecule has 7 heteroatoms. The second-order valence-corrected chi connectivity index (χ2v) is 8.97. The van der Waals surface area contributed by atoms with E-state index in [0.717, 1.165) is 67.4 Å². The fourth-order valence-electron chi connectivity index (χ4n) is 4.39. The first-order valence-corrected chi connectivity index (χ1v) is 11.2. The normalized spacial score (nSPS) is 20.1. The van der Waals surface area contributed by atoms with Crippen LogP contribution in [0.25, 0.3) is 0 Å². The van der Waals surface area contributed by atoms with Crippen LogP contribution in [0.15, 0.2) is 29.8 Å². The molecule has 0 unspecified atom stereocenters. The van der Waals surface area contributed by atoms with Gasteiger partial charge in [0.25, 0.3) is 5.91 Å². The van der Waals surface area contributed by atoms with E-state index in [-0.39, 0.29) is 17.7 Å². The van der Waals surface area contributed by atoms with Crippen molar-refractivity contribution in [2.75, 3.05) is 44.2 Å². The van der Waals surface area contributed by atoms with Gasteiger partial charge in [0.2, 0.25) is 5.91 Å². The molecule has 2 aliphatic heterocycles. The topological polar surface area (TPSA) is 56.8 Å². The highest BCUT2D eigenvalue weighted by atomic mass is 32.1. The second-order valence-electron chi connectivity index (χ2n) is 8.09. The standard InChI is InChI=1S/C22H28N4O2S/c1-16-12-17(2)14-19(13-16)21(28)26-6-3-4-18(15-26)20(27)24-7-9-25(10-8-24)22-23-5-11-29-22/h5,11-14,18H,3-4,6-10,15H2,1-2H3/t18-/m0/s1. The molecule has 6 nitrogen and oxygen atoms in total. The van der Waals surface area contributed by atoms with Gasteiger partial charge in [0, 0.05) is 56.4 Å². The summed E-state index contributed by atoms with van der Waals surface area (Å²) in [4.78, 5) is 36.6. The Labute approximate surface area is 176 Å². The minimum atomic E-state index is -0.0926. The number of rotatable bonds is 3. The maximum absolute atomic E-state index is 13.1. The average Bonchev–Trinajstić information content (AvgIpc) is 3.27. The zero-order valence-corrected chi connectivity index (χ0v) is 18.0. The van der Waals surface area contributed by atoms with E-state index in [1.165, 1.54) is 0 Å². The maximum atomic E-state index is 13.1. The van der Waals surface area contributed by atoms with Crippen molar-refractivity contribution in [3.63, 3.8) is 0 Å². The third-order valence-corrected chi connectivity index (χ3v) is 6.64. The lowest BCUT2D eigenvalue weighted by atomic mass is 9.95. The molecule has 0 aliphatic carbocycles. The van der Waals surface area contributed by atoms with Gasteiger partial charge in [-0.05, 0) is 38.8 Å². The fraction of sp³-hybridized carbons (Fsp3) is 0.500. The third-order valence-electron chi connectivity index (χ3n) is 5.81. The van der Waals surface area contributed by atoms with Crippen molar-refractivity contribution in [3.05, 3.63) is 46.5 Å². The Morgan fingerprint density at radius 2 is 1.72 bits per heavy atom. The molecule has 2 aliphatic rings. The Hall–Kier alpha value is -2.41. The first-order chi connectivity index (χ1) is 14.0. The molecule has 4 rings (SSSR count). The van der Waals surface area contributed by atoms with E-state index >= 15 is 0 Å². The molecule has 29 heavy (non-hydrogen) atoms. The third kappa shape index (κ3) is 4.45. The van der Waals surface area contributed by atoms with Gasteiger partial charge in [-0.3, -0.25) is 9.59 Å². The number of aromatic nitrogens is 1. The van der Waals surface area contributed by atoms with Crippen molar-refractivity contribution >= 4 is 28.3 Å². The summed E-state index contributed by atoms with van der Waals surface area (Å²) in [6.45, 7) is 8.36. The molecule has 0 radical (unpaired) electrons. The summed E-state index contributed by atoms with van der Waals surface area (Å²) in [5.41, 5.74) is 2.92. The number of anilines is 1. The molecule has 1 aromatic carbocycles. The maximum Gasteiger partial charge on any atom is 0.253 e. The van der Waals surface area contributed by atoms with Gasteiger partial charge in [-0.1, -0.05) is 17.2 Å². The zero-order valence-electron chi connectivity index (χ0n) is 17.1. The monoisotopic (exact) mass is 412 g/mol. The number of hydrogen-bond acceptors (Lipinski definition) is 5. The highest BCUT2D eigenvalue weighted by Gasteiger charge is 2.33. The highest BCUT2D eigenvalue weighted by molar-refractivity contribution is 7.13. The lowest BCUT2D eigenvalue weighted by Crippen LogP contribution is -2.53. The smallest absolute Gasteiger partial charge is 0.253 e. The summed E-state index contributed by atoms with van der Waals surface area (Å²) in [7, 11) is 0. The van der Waals surface area contributed by atoms with E-state index in [9.17, 15) is 9.59 Å². The van der Waals surface area contributed by atoms with Crippen LogP contribution in [0.5, 0.6) is 0 Å². The van der Waals surface area contributed by atoms with Gasteiger partial charge >= 0.3 is 0 Å². The molecular weight excluding hydrogens is 384 g/mol. The lowest BCUT2D eigenvalue weighted by Gasteiger charge is -2.39. The summed E-state index contributed by atoms with van der Waals surface area (Å²) in [6.07, 6.45) is 3.56. The molecule has 0 saturated carbocycles.